The average molecular weight is 292 g/mol. The lowest BCUT2D eigenvalue weighted by atomic mass is 10.1. The first-order valence-corrected chi connectivity index (χ1v) is 7.00. The van der Waals surface area contributed by atoms with Gasteiger partial charge in [0.25, 0.3) is 0 Å². The van der Waals surface area contributed by atoms with Gasteiger partial charge in [-0.15, -0.1) is 11.3 Å². The molecule has 0 saturated carbocycles. The number of benzene rings is 1. The second-order valence-corrected chi connectivity index (χ2v) is 5.11. The molecule has 20 heavy (non-hydrogen) atoms. The van der Waals surface area contributed by atoms with Gasteiger partial charge in [-0.2, -0.15) is 0 Å². The Bertz CT molecular complexity index is 610. The van der Waals surface area contributed by atoms with Gasteiger partial charge in [0.2, 0.25) is 0 Å². The van der Waals surface area contributed by atoms with Crippen LogP contribution in [0.4, 0.5) is 5.69 Å². The van der Waals surface area contributed by atoms with E-state index in [2.05, 4.69) is 9.72 Å². The molecular formula is C14H16N2O3S. The van der Waals surface area contributed by atoms with Crippen LogP contribution in [0.15, 0.2) is 23.7 Å². The fraction of sp³-hybridized carbons (Fsp3) is 0.286. The maximum Gasteiger partial charge on any atom is 0.340 e. The van der Waals surface area contributed by atoms with Crippen LogP contribution in [0.25, 0.3) is 0 Å². The van der Waals surface area contributed by atoms with Gasteiger partial charge in [0, 0.05) is 11.3 Å². The number of aryl methyl sites for hydroxylation is 1. The zero-order valence-electron chi connectivity index (χ0n) is 11.4. The van der Waals surface area contributed by atoms with Gasteiger partial charge >= 0.3 is 5.97 Å². The minimum absolute atomic E-state index is 0.306. The number of nitrogens with zero attached hydrogens (tertiary/aromatic N) is 1. The van der Waals surface area contributed by atoms with Crippen molar-refractivity contribution in [3.63, 3.8) is 0 Å². The lowest BCUT2D eigenvalue weighted by molar-refractivity contribution is 0.0601. The van der Waals surface area contributed by atoms with Crippen molar-refractivity contribution in [3.8, 4) is 5.75 Å². The molecule has 0 amide bonds. The topological polar surface area (TPSA) is 74.4 Å². The molecule has 0 spiro atoms. The monoisotopic (exact) mass is 292 g/mol. The molecular weight excluding hydrogens is 276 g/mol. The first-order valence-electron chi connectivity index (χ1n) is 6.12. The molecule has 0 fully saturated rings. The van der Waals surface area contributed by atoms with E-state index in [9.17, 15) is 4.79 Å². The number of esters is 1. The molecule has 0 aliphatic rings. The molecule has 1 aromatic carbocycles. The second-order valence-electron chi connectivity index (χ2n) is 4.17. The largest absolute Gasteiger partial charge is 0.491 e. The number of ether oxygens (including phenoxy) is 2. The van der Waals surface area contributed by atoms with Crippen molar-refractivity contribution >= 4 is 23.0 Å². The van der Waals surface area contributed by atoms with Crippen LogP contribution in [0, 0.1) is 6.92 Å². The van der Waals surface area contributed by atoms with Gasteiger partial charge in [-0.25, -0.2) is 9.78 Å². The van der Waals surface area contributed by atoms with Gasteiger partial charge in [-0.3, -0.25) is 0 Å². The SMILES string of the molecule is COC(=O)c1cccc(OCCc2scnc2C)c1N. The van der Waals surface area contributed by atoms with Gasteiger partial charge in [0.1, 0.15) is 5.75 Å². The third-order valence-corrected chi connectivity index (χ3v) is 3.90. The molecule has 0 bridgehead atoms. The van der Waals surface area contributed by atoms with Crippen LogP contribution >= 0.6 is 11.3 Å². The Labute approximate surface area is 121 Å². The van der Waals surface area contributed by atoms with E-state index in [1.54, 1.807) is 29.5 Å². The highest BCUT2D eigenvalue weighted by Gasteiger charge is 2.13. The fourth-order valence-electron chi connectivity index (χ4n) is 1.78. The highest BCUT2D eigenvalue weighted by molar-refractivity contribution is 7.09. The summed E-state index contributed by atoms with van der Waals surface area (Å²) in [6.07, 6.45) is 0.762. The number of methoxy groups -OCH3 is 1. The van der Waals surface area contributed by atoms with Crippen LogP contribution in [-0.2, 0) is 11.2 Å². The van der Waals surface area contributed by atoms with E-state index in [-0.39, 0.29) is 0 Å². The van der Waals surface area contributed by atoms with Crippen LogP contribution < -0.4 is 10.5 Å². The summed E-state index contributed by atoms with van der Waals surface area (Å²) in [5.41, 5.74) is 9.38. The Balaban J connectivity index is 2.03. The summed E-state index contributed by atoms with van der Waals surface area (Å²) >= 11 is 1.60. The number of rotatable bonds is 5. The standard InChI is InChI=1S/C14H16N2O3S/c1-9-12(20-8-16-9)6-7-19-11-5-3-4-10(13(11)15)14(17)18-2/h3-5,8H,6-7,15H2,1-2H3. The van der Waals surface area contributed by atoms with Crippen LogP contribution in [-0.4, -0.2) is 24.7 Å². The number of anilines is 1. The number of para-hydroxylation sites is 1. The molecule has 1 aromatic heterocycles. The first-order chi connectivity index (χ1) is 9.63. The first kappa shape index (κ1) is 14.3. The third-order valence-electron chi connectivity index (χ3n) is 2.90. The Morgan fingerprint density at radius 2 is 2.25 bits per heavy atom. The Hall–Kier alpha value is -2.08. The van der Waals surface area contributed by atoms with Gasteiger partial charge in [0.15, 0.2) is 0 Å². The van der Waals surface area contributed by atoms with Crippen LogP contribution in [0.2, 0.25) is 0 Å². The molecule has 0 unspecified atom stereocenters. The minimum Gasteiger partial charge on any atom is -0.491 e. The summed E-state index contributed by atoms with van der Waals surface area (Å²) in [5, 5.41) is 0. The van der Waals surface area contributed by atoms with Crippen LogP contribution in [0.1, 0.15) is 20.9 Å². The van der Waals surface area contributed by atoms with Crippen molar-refractivity contribution in [1.29, 1.82) is 0 Å². The maximum absolute atomic E-state index is 11.5. The summed E-state index contributed by atoms with van der Waals surface area (Å²) in [6, 6.07) is 5.07. The van der Waals surface area contributed by atoms with Gasteiger partial charge in [-0.1, -0.05) is 6.07 Å². The zero-order valence-corrected chi connectivity index (χ0v) is 12.2. The van der Waals surface area contributed by atoms with Crippen LogP contribution in [0.3, 0.4) is 0 Å². The molecule has 6 heteroatoms. The summed E-state index contributed by atoms with van der Waals surface area (Å²) in [7, 11) is 1.32. The molecule has 0 aliphatic heterocycles. The van der Waals surface area contributed by atoms with Crippen molar-refractivity contribution in [3.05, 3.63) is 39.8 Å². The number of nitrogens with two attached hydrogens (primary N) is 1. The third kappa shape index (κ3) is 3.08. The summed E-state index contributed by atoms with van der Waals surface area (Å²) < 4.78 is 10.3. The predicted octanol–water partition coefficient (Wildman–Crippen LogP) is 2.44. The molecule has 1 heterocycles. The van der Waals surface area contributed by atoms with Crippen LogP contribution in [0.5, 0.6) is 5.75 Å². The van der Waals surface area contributed by atoms with E-state index in [4.69, 9.17) is 10.5 Å². The van der Waals surface area contributed by atoms with Crippen molar-refractivity contribution in [2.75, 3.05) is 19.5 Å². The number of hydrogen-bond acceptors (Lipinski definition) is 6. The van der Waals surface area contributed by atoms with E-state index in [1.807, 2.05) is 12.4 Å². The average Bonchev–Trinajstić information content (AvgIpc) is 2.85. The van der Waals surface area contributed by atoms with Crippen molar-refractivity contribution < 1.29 is 14.3 Å². The molecule has 0 radical (unpaired) electrons. The highest BCUT2D eigenvalue weighted by atomic mass is 32.1. The van der Waals surface area contributed by atoms with Crippen molar-refractivity contribution in [1.82, 2.24) is 4.98 Å². The number of carbonyl (C=O) groups is 1. The van der Waals surface area contributed by atoms with E-state index in [1.165, 1.54) is 12.0 Å². The smallest absolute Gasteiger partial charge is 0.340 e. The number of hydrogen-bond donors (Lipinski definition) is 1. The van der Waals surface area contributed by atoms with Gasteiger partial charge in [0.05, 0.1) is 36.2 Å². The van der Waals surface area contributed by atoms with E-state index >= 15 is 0 Å². The predicted molar refractivity (Wildman–Crippen MR) is 78.2 cm³/mol. The van der Waals surface area contributed by atoms with E-state index < -0.39 is 5.97 Å². The van der Waals surface area contributed by atoms with E-state index in [0.717, 1.165) is 12.1 Å². The second kappa shape index (κ2) is 6.38. The Morgan fingerprint density at radius 1 is 1.45 bits per heavy atom. The molecule has 2 rings (SSSR count). The lowest BCUT2D eigenvalue weighted by Gasteiger charge is -2.11. The quantitative estimate of drug-likeness (QED) is 0.676. The Kier molecular flexibility index (Phi) is 4.57. The maximum atomic E-state index is 11.5. The van der Waals surface area contributed by atoms with Crippen molar-refractivity contribution in [2.45, 2.75) is 13.3 Å². The van der Waals surface area contributed by atoms with Gasteiger partial charge in [-0.05, 0) is 19.1 Å². The molecule has 106 valence electrons. The normalized spacial score (nSPS) is 10.3. The molecule has 0 atom stereocenters. The van der Waals surface area contributed by atoms with E-state index in [0.29, 0.717) is 23.6 Å². The highest BCUT2D eigenvalue weighted by Crippen LogP contribution is 2.26. The minimum atomic E-state index is -0.466. The molecule has 2 N–H and O–H groups in total. The molecule has 0 aliphatic carbocycles. The lowest BCUT2D eigenvalue weighted by Crippen LogP contribution is -2.09. The summed E-state index contributed by atoms with van der Waals surface area (Å²) in [4.78, 5) is 16.9. The number of nitrogen functional groups attached to an aromatic ring is 1. The zero-order chi connectivity index (χ0) is 14.5. The number of thiazole rings is 1. The Morgan fingerprint density at radius 3 is 2.90 bits per heavy atom. The molecule has 5 nitrogen and oxygen atoms in total. The fourth-order valence-corrected chi connectivity index (χ4v) is 2.54. The van der Waals surface area contributed by atoms with Gasteiger partial charge < -0.3 is 15.2 Å². The number of aromatic nitrogens is 1. The molecule has 0 saturated heterocycles. The summed E-state index contributed by atoms with van der Waals surface area (Å²) in [5.74, 6) is 0.0290. The summed E-state index contributed by atoms with van der Waals surface area (Å²) in [6.45, 7) is 2.45. The van der Waals surface area contributed by atoms with Crippen molar-refractivity contribution in [2.24, 2.45) is 0 Å². The molecule has 2 aromatic rings. The number of carbonyl (C=O) groups excluding carboxylic acids is 1.